The van der Waals surface area contributed by atoms with Gasteiger partial charge in [0.2, 0.25) is 0 Å². The lowest BCUT2D eigenvalue weighted by Gasteiger charge is -2.32. The normalized spacial score (nSPS) is 20.9. The van der Waals surface area contributed by atoms with Crippen LogP contribution in [0.1, 0.15) is 23.5 Å². The van der Waals surface area contributed by atoms with Gasteiger partial charge in [0.05, 0.1) is 11.6 Å². The minimum atomic E-state index is -1.61. The van der Waals surface area contributed by atoms with E-state index in [0.717, 1.165) is 15.6 Å². The van der Waals surface area contributed by atoms with Crippen LogP contribution in [-0.4, -0.2) is 29.3 Å². The smallest absolute Gasteiger partial charge is 0.345 e. The molecule has 7 nitrogen and oxygen atoms in total. The summed E-state index contributed by atoms with van der Waals surface area (Å²) in [7, 11) is 0. The number of nitrogens with one attached hydrogen (secondary N) is 3. The predicted octanol–water partition coefficient (Wildman–Crippen LogP) is 3.45. The molecular weight excluding hydrogens is 388 g/mol. The third kappa shape index (κ3) is 3.42. The van der Waals surface area contributed by atoms with E-state index in [2.05, 4.69) is 16.0 Å². The second kappa shape index (κ2) is 7.54. The topological polar surface area (TPSA) is 114 Å². The van der Waals surface area contributed by atoms with E-state index in [1.54, 1.807) is 35.6 Å². The van der Waals surface area contributed by atoms with Gasteiger partial charge >= 0.3 is 12.0 Å². The number of carbonyl (C=O) groups excluding carboxylic acids is 1. The molecule has 0 radical (unpaired) electrons. The van der Waals surface area contributed by atoms with Crippen LogP contribution in [0.15, 0.2) is 53.9 Å². The Bertz CT molecular complexity index is 1120. The van der Waals surface area contributed by atoms with Crippen LogP contribution in [0.2, 0.25) is 0 Å². The van der Waals surface area contributed by atoms with Crippen LogP contribution >= 0.6 is 11.3 Å². The number of fused-ring (bicyclic) bond motifs is 1. The van der Waals surface area contributed by atoms with E-state index in [1.165, 1.54) is 0 Å². The number of hydrogen-bond donors (Lipinski definition) is 4. The van der Waals surface area contributed by atoms with E-state index in [-0.39, 0.29) is 0 Å². The van der Waals surface area contributed by atoms with E-state index in [9.17, 15) is 14.7 Å². The van der Waals surface area contributed by atoms with Crippen molar-refractivity contribution >= 4 is 39.1 Å². The first-order chi connectivity index (χ1) is 14.0. The molecule has 1 unspecified atom stereocenters. The minimum absolute atomic E-state index is 0.414. The highest BCUT2D eigenvalue weighted by atomic mass is 32.1. The molecule has 0 bridgehead atoms. The number of anilines is 1. The van der Waals surface area contributed by atoms with Crippen LogP contribution in [0.3, 0.4) is 0 Å². The molecule has 1 aliphatic heterocycles. The van der Waals surface area contributed by atoms with Crippen molar-refractivity contribution in [3.8, 4) is 6.07 Å². The number of hydrogen-bond acceptors (Lipinski definition) is 5. The molecule has 0 aliphatic carbocycles. The van der Waals surface area contributed by atoms with Crippen molar-refractivity contribution in [2.45, 2.75) is 18.0 Å². The molecule has 2 atom stereocenters. The molecule has 4 N–H and O–H groups in total. The van der Waals surface area contributed by atoms with E-state index < -0.39 is 23.6 Å². The molecule has 1 aromatic heterocycles. The molecule has 146 valence electrons. The van der Waals surface area contributed by atoms with Crippen molar-refractivity contribution in [2.24, 2.45) is 0 Å². The van der Waals surface area contributed by atoms with Gasteiger partial charge < -0.3 is 15.7 Å². The highest BCUT2D eigenvalue weighted by Gasteiger charge is 2.52. The number of benzene rings is 2. The van der Waals surface area contributed by atoms with Crippen molar-refractivity contribution in [1.82, 2.24) is 10.6 Å². The number of urea groups is 1. The minimum Gasteiger partial charge on any atom is -0.478 e. The lowest BCUT2D eigenvalue weighted by Crippen LogP contribution is -2.64. The van der Waals surface area contributed by atoms with Gasteiger partial charge in [0.15, 0.2) is 5.66 Å². The number of carboxylic acids is 1. The van der Waals surface area contributed by atoms with Gasteiger partial charge in [0.1, 0.15) is 0 Å². The van der Waals surface area contributed by atoms with Crippen molar-refractivity contribution in [3.05, 3.63) is 65.0 Å². The van der Waals surface area contributed by atoms with E-state index in [0.29, 0.717) is 24.2 Å². The number of nitrogens with zero attached hydrogens (tertiary/aromatic N) is 1. The Morgan fingerprint density at radius 2 is 1.97 bits per heavy atom. The summed E-state index contributed by atoms with van der Waals surface area (Å²) in [4.78, 5) is 24.9. The van der Waals surface area contributed by atoms with E-state index in [1.807, 2.05) is 35.7 Å². The molecule has 2 aromatic carbocycles. The molecule has 8 heteroatoms. The predicted molar refractivity (Wildman–Crippen MR) is 111 cm³/mol. The number of carbonyl (C=O) groups is 2. The van der Waals surface area contributed by atoms with Gasteiger partial charge in [-0.25, -0.2) is 9.59 Å². The second-order valence-corrected chi connectivity index (χ2v) is 7.75. The molecular formula is C21H18N4O3S. The zero-order valence-corrected chi connectivity index (χ0v) is 16.1. The number of amides is 2. The van der Waals surface area contributed by atoms with Gasteiger partial charge in [-0.1, -0.05) is 18.2 Å². The maximum atomic E-state index is 12.6. The molecule has 2 heterocycles. The molecule has 29 heavy (non-hydrogen) atoms. The van der Waals surface area contributed by atoms with Crippen molar-refractivity contribution in [1.29, 1.82) is 5.26 Å². The summed E-state index contributed by atoms with van der Waals surface area (Å²) in [5.74, 6) is -1.55. The maximum absolute atomic E-state index is 12.6. The Kier molecular flexibility index (Phi) is 4.92. The first kappa shape index (κ1) is 18.9. The largest absolute Gasteiger partial charge is 0.478 e. The third-order valence-electron chi connectivity index (χ3n) is 5.17. The highest BCUT2D eigenvalue weighted by Crippen LogP contribution is 2.40. The summed E-state index contributed by atoms with van der Waals surface area (Å²) in [6.07, 6.45) is 0.587. The molecule has 1 saturated heterocycles. The van der Waals surface area contributed by atoms with Crippen LogP contribution in [-0.2, 0) is 4.79 Å². The van der Waals surface area contributed by atoms with Gasteiger partial charge in [-0.15, -0.1) is 11.3 Å². The number of thiophene rings is 1. The van der Waals surface area contributed by atoms with Crippen LogP contribution < -0.4 is 16.0 Å². The summed E-state index contributed by atoms with van der Waals surface area (Å²) in [5, 5.41) is 30.2. The molecule has 0 saturated carbocycles. The number of aliphatic carboxylic acids is 1. The molecule has 1 fully saturated rings. The first-order valence-corrected chi connectivity index (χ1v) is 9.95. The third-order valence-corrected chi connectivity index (χ3v) is 6.15. The summed E-state index contributed by atoms with van der Waals surface area (Å²) >= 11 is 1.56. The maximum Gasteiger partial charge on any atom is 0.345 e. The average Bonchev–Trinajstić information content (AvgIpc) is 3.33. The number of rotatable bonds is 4. The SMILES string of the molecule is N#Cc1ccc(NC(=O)N[C@]2(C(=O)O)NCCC2c2csc3ccccc23)cc1. The monoisotopic (exact) mass is 406 g/mol. The Hall–Kier alpha value is -3.41. The fourth-order valence-corrected chi connectivity index (χ4v) is 4.80. The lowest BCUT2D eigenvalue weighted by atomic mass is 9.86. The Morgan fingerprint density at radius 1 is 1.21 bits per heavy atom. The molecule has 3 aromatic rings. The molecule has 0 spiro atoms. The lowest BCUT2D eigenvalue weighted by molar-refractivity contribution is -0.145. The van der Waals surface area contributed by atoms with Crippen LogP contribution in [0, 0.1) is 11.3 Å². The van der Waals surface area contributed by atoms with Gasteiger partial charge in [-0.2, -0.15) is 5.26 Å². The molecule has 4 rings (SSSR count). The van der Waals surface area contributed by atoms with Gasteiger partial charge in [-0.3, -0.25) is 5.32 Å². The summed E-state index contributed by atoms with van der Waals surface area (Å²) in [6, 6.07) is 15.6. The zero-order chi connectivity index (χ0) is 20.4. The number of carboxylic acid groups (broad SMARTS) is 1. The van der Waals surface area contributed by atoms with Crippen molar-refractivity contribution < 1.29 is 14.7 Å². The quantitative estimate of drug-likeness (QED) is 0.530. The van der Waals surface area contributed by atoms with Crippen LogP contribution in [0.5, 0.6) is 0 Å². The molecule has 2 amide bonds. The summed E-state index contributed by atoms with van der Waals surface area (Å²) < 4.78 is 1.08. The second-order valence-electron chi connectivity index (χ2n) is 6.84. The Morgan fingerprint density at radius 3 is 2.69 bits per heavy atom. The Balaban J connectivity index is 1.61. The summed E-state index contributed by atoms with van der Waals surface area (Å²) in [6.45, 7) is 0.471. The molecule has 1 aliphatic rings. The van der Waals surface area contributed by atoms with Gasteiger partial charge in [0.25, 0.3) is 0 Å². The Labute approximate surface area is 171 Å². The fraction of sp³-hybridized carbons (Fsp3) is 0.190. The van der Waals surface area contributed by atoms with Crippen molar-refractivity contribution in [3.63, 3.8) is 0 Å². The number of nitriles is 1. The van der Waals surface area contributed by atoms with E-state index in [4.69, 9.17) is 5.26 Å². The highest BCUT2D eigenvalue weighted by molar-refractivity contribution is 7.17. The van der Waals surface area contributed by atoms with Gasteiger partial charge in [0, 0.05) is 16.3 Å². The standard InChI is InChI=1S/C21H18N4O3S/c22-11-13-5-7-14(8-6-13)24-20(28)25-21(19(26)27)17(9-10-23-21)16-12-29-18-4-2-1-3-15(16)18/h1-8,12,17,23H,9-10H2,(H,26,27)(H2,24,25,28)/t17?,21-/m1/s1. The van der Waals surface area contributed by atoms with E-state index >= 15 is 0 Å². The first-order valence-electron chi connectivity index (χ1n) is 9.07. The fourth-order valence-electron chi connectivity index (χ4n) is 3.79. The zero-order valence-electron chi connectivity index (χ0n) is 15.3. The summed E-state index contributed by atoms with van der Waals surface area (Å²) in [5.41, 5.74) is 0.245. The van der Waals surface area contributed by atoms with Crippen molar-refractivity contribution in [2.75, 3.05) is 11.9 Å². The van der Waals surface area contributed by atoms with Crippen LogP contribution in [0.25, 0.3) is 10.1 Å². The van der Waals surface area contributed by atoms with Gasteiger partial charge in [-0.05, 0) is 59.6 Å². The van der Waals surface area contributed by atoms with Crippen LogP contribution in [0.4, 0.5) is 10.5 Å². The average molecular weight is 406 g/mol.